The van der Waals surface area contributed by atoms with Crippen LogP contribution >= 0.6 is 0 Å². The first-order chi connectivity index (χ1) is 10.0. The molecule has 5 nitrogen and oxygen atoms in total. The molecule has 0 heterocycles. The zero-order chi connectivity index (χ0) is 15.3. The predicted molar refractivity (Wildman–Crippen MR) is 85.3 cm³/mol. The molecule has 0 saturated heterocycles. The molecule has 21 heavy (non-hydrogen) atoms. The summed E-state index contributed by atoms with van der Waals surface area (Å²) in [5.41, 5.74) is 0.567. The van der Waals surface area contributed by atoms with Crippen LogP contribution in [0.4, 0.5) is 5.69 Å². The summed E-state index contributed by atoms with van der Waals surface area (Å²) in [4.78, 5) is 0. The lowest BCUT2D eigenvalue weighted by Crippen LogP contribution is -2.35. The van der Waals surface area contributed by atoms with E-state index in [1.165, 1.54) is 0 Å². The Bertz CT molecular complexity index is 539. The lowest BCUT2D eigenvalue weighted by molar-refractivity contribution is 0.317. The second kappa shape index (κ2) is 7.13. The SMILES string of the molecule is CCCOc1ccc(NS(=O)(=O)C(C)CNC2CC2)cc1. The van der Waals surface area contributed by atoms with Gasteiger partial charge in [-0.15, -0.1) is 0 Å². The van der Waals surface area contributed by atoms with E-state index in [0.29, 0.717) is 24.9 Å². The average molecular weight is 312 g/mol. The van der Waals surface area contributed by atoms with Gasteiger partial charge in [0.15, 0.2) is 0 Å². The maximum atomic E-state index is 12.2. The van der Waals surface area contributed by atoms with Crippen molar-refractivity contribution in [2.45, 2.75) is 44.4 Å². The Morgan fingerprint density at radius 3 is 2.52 bits per heavy atom. The lowest BCUT2D eigenvalue weighted by Gasteiger charge is -2.15. The van der Waals surface area contributed by atoms with Crippen LogP contribution < -0.4 is 14.8 Å². The number of sulfonamides is 1. The number of hydrogen-bond donors (Lipinski definition) is 2. The van der Waals surface area contributed by atoms with E-state index in [-0.39, 0.29) is 0 Å². The number of nitrogens with one attached hydrogen (secondary N) is 2. The minimum Gasteiger partial charge on any atom is -0.494 e. The van der Waals surface area contributed by atoms with Gasteiger partial charge in [0.2, 0.25) is 10.0 Å². The summed E-state index contributed by atoms with van der Waals surface area (Å²) in [6.07, 6.45) is 3.25. The summed E-state index contributed by atoms with van der Waals surface area (Å²) in [6, 6.07) is 7.52. The van der Waals surface area contributed by atoms with Crippen molar-refractivity contribution in [3.63, 3.8) is 0 Å². The maximum absolute atomic E-state index is 12.2. The van der Waals surface area contributed by atoms with E-state index in [9.17, 15) is 8.42 Å². The molecule has 0 aromatic heterocycles. The quantitative estimate of drug-likeness (QED) is 0.734. The van der Waals surface area contributed by atoms with Crippen molar-refractivity contribution in [2.75, 3.05) is 17.9 Å². The van der Waals surface area contributed by atoms with Gasteiger partial charge in [0, 0.05) is 18.3 Å². The summed E-state index contributed by atoms with van der Waals surface area (Å²) >= 11 is 0. The van der Waals surface area contributed by atoms with Crippen molar-refractivity contribution >= 4 is 15.7 Å². The van der Waals surface area contributed by atoms with Crippen LogP contribution in [0.2, 0.25) is 0 Å². The highest BCUT2D eigenvalue weighted by Gasteiger charge is 2.25. The highest BCUT2D eigenvalue weighted by molar-refractivity contribution is 7.93. The molecule has 0 aliphatic heterocycles. The molecule has 2 rings (SSSR count). The van der Waals surface area contributed by atoms with Crippen LogP contribution in [-0.2, 0) is 10.0 Å². The van der Waals surface area contributed by atoms with Gasteiger partial charge >= 0.3 is 0 Å². The molecule has 0 bridgehead atoms. The van der Waals surface area contributed by atoms with Gasteiger partial charge in [-0.1, -0.05) is 6.92 Å². The van der Waals surface area contributed by atoms with E-state index in [1.54, 1.807) is 31.2 Å². The van der Waals surface area contributed by atoms with Gasteiger partial charge in [-0.05, 0) is 50.5 Å². The van der Waals surface area contributed by atoms with E-state index < -0.39 is 15.3 Å². The van der Waals surface area contributed by atoms with Crippen molar-refractivity contribution < 1.29 is 13.2 Å². The monoisotopic (exact) mass is 312 g/mol. The maximum Gasteiger partial charge on any atom is 0.236 e. The molecule has 0 amide bonds. The topological polar surface area (TPSA) is 67.4 Å². The minimum absolute atomic E-state index is 0.464. The fourth-order valence-corrected chi connectivity index (χ4v) is 2.82. The Morgan fingerprint density at radius 2 is 1.95 bits per heavy atom. The molecule has 1 saturated carbocycles. The molecule has 6 heteroatoms. The summed E-state index contributed by atoms with van der Waals surface area (Å²) in [7, 11) is -3.36. The average Bonchev–Trinajstić information content (AvgIpc) is 3.28. The fraction of sp³-hybridized carbons (Fsp3) is 0.600. The second-order valence-corrected chi connectivity index (χ2v) is 7.61. The van der Waals surface area contributed by atoms with Crippen LogP contribution in [0.25, 0.3) is 0 Å². The van der Waals surface area contributed by atoms with Crippen molar-refractivity contribution in [2.24, 2.45) is 0 Å². The third kappa shape index (κ3) is 5.21. The zero-order valence-corrected chi connectivity index (χ0v) is 13.4. The second-order valence-electron chi connectivity index (χ2n) is 5.51. The predicted octanol–water partition coefficient (Wildman–Crippen LogP) is 2.36. The van der Waals surface area contributed by atoms with Gasteiger partial charge in [0.1, 0.15) is 5.75 Å². The molecular formula is C15H24N2O3S. The Balaban J connectivity index is 1.88. The van der Waals surface area contributed by atoms with Crippen LogP contribution in [0.1, 0.15) is 33.1 Å². The van der Waals surface area contributed by atoms with Gasteiger partial charge in [0.05, 0.1) is 11.9 Å². The van der Waals surface area contributed by atoms with Crippen LogP contribution in [0.3, 0.4) is 0 Å². The molecule has 1 atom stereocenters. The van der Waals surface area contributed by atoms with Gasteiger partial charge in [0.25, 0.3) is 0 Å². The van der Waals surface area contributed by atoms with E-state index in [1.807, 2.05) is 6.92 Å². The van der Waals surface area contributed by atoms with Crippen LogP contribution in [0.5, 0.6) is 5.75 Å². The lowest BCUT2D eigenvalue weighted by atomic mass is 10.3. The van der Waals surface area contributed by atoms with Crippen molar-refractivity contribution in [3.8, 4) is 5.75 Å². The molecule has 1 unspecified atom stereocenters. The largest absolute Gasteiger partial charge is 0.494 e. The Morgan fingerprint density at radius 1 is 1.29 bits per heavy atom. The smallest absolute Gasteiger partial charge is 0.236 e. The summed E-state index contributed by atoms with van der Waals surface area (Å²) in [5, 5.41) is 2.78. The van der Waals surface area contributed by atoms with Gasteiger partial charge in [-0.2, -0.15) is 0 Å². The molecular weight excluding hydrogens is 288 g/mol. The molecule has 1 aromatic carbocycles. The van der Waals surface area contributed by atoms with Gasteiger partial charge in [-0.25, -0.2) is 8.42 Å². The Hall–Kier alpha value is -1.27. The first-order valence-corrected chi connectivity index (χ1v) is 9.04. The molecule has 2 N–H and O–H groups in total. The zero-order valence-electron chi connectivity index (χ0n) is 12.6. The molecule has 1 aliphatic carbocycles. The number of anilines is 1. The van der Waals surface area contributed by atoms with E-state index >= 15 is 0 Å². The fourth-order valence-electron chi connectivity index (χ4n) is 1.83. The van der Waals surface area contributed by atoms with E-state index in [0.717, 1.165) is 25.0 Å². The highest BCUT2D eigenvalue weighted by Crippen LogP contribution is 2.20. The van der Waals surface area contributed by atoms with E-state index in [4.69, 9.17) is 4.74 Å². The third-order valence-electron chi connectivity index (χ3n) is 3.39. The van der Waals surface area contributed by atoms with Crippen LogP contribution in [-0.4, -0.2) is 32.9 Å². The molecule has 1 fully saturated rings. The standard InChI is InChI=1S/C15H24N2O3S/c1-3-10-20-15-8-6-14(7-9-15)17-21(18,19)12(2)11-16-13-4-5-13/h6-9,12-13,16-17H,3-5,10-11H2,1-2H3. The van der Waals surface area contributed by atoms with Crippen LogP contribution in [0, 0.1) is 0 Å². The van der Waals surface area contributed by atoms with Crippen molar-refractivity contribution in [3.05, 3.63) is 24.3 Å². The number of hydrogen-bond acceptors (Lipinski definition) is 4. The molecule has 0 spiro atoms. The first kappa shape index (κ1) is 16.1. The molecule has 118 valence electrons. The molecule has 1 aromatic rings. The minimum atomic E-state index is -3.36. The van der Waals surface area contributed by atoms with Gasteiger partial charge in [-0.3, -0.25) is 4.72 Å². The Labute approximate surface area is 127 Å². The highest BCUT2D eigenvalue weighted by atomic mass is 32.2. The Kier molecular flexibility index (Phi) is 5.47. The van der Waals surface area contributed by atoms with Crippen LogP contribution in [0.15, 0.2) is 24.3 Å². The van der Waals surface area contributed by atoms with Gasteiger partial charge < -0.3 is 10.1 Å². The summed E-state index contributed by atoms with van der Waals surface area (Å²) < 4.78 is 32.5. The van der Waals surface area contributed by atoms with Crippen molar-refractivity contribution in [1.29, 1.82) is 0 Å². The van der Waals surface area contributed by atoms with Crippen molar-refractivity contribution in [1.82, 2.24) is 5.32 Å². The number of benzene rings is 1. The number of ether oxygens (including phenoxy) is 1. The molecule has 0 radical (unpaired) electrons. The summed E-state index contributed by atoms with van der Waals surface area (Å²) in [5.74, 6) is 0.753. The van der Waals surface area contributed by atoms with E-state index in [2.05, 4.69) is 10.0 Å². The summed E-state index contributed by atoms with van der Waals surface area (Å²) in [6.45, 7) is 4.91. The third-order valence-corrected chi connectivity index (χ3v) is 5.13. The molecule has 1 aliphatic rings. The normalized spacial score (nSPS) is 16.5. The first-order valence-electron chi connectivity index (χ1n) is 7.49. The number of rotatable bonds is 9.